The van der Waals surface area contributed by atoms with E-state index in [9.17, 15) is 4.79 Å². The predicted octanol–water partition coefficient (Wildman–Crippen LogP) is 1.05. The summed E-state index contributed by atoms with van der Waals surface area (Å²) in [5.74, 6) is 0.236. The topological polar surface area (TPSA) is 32.3 Å². The van der Waals surface area contributed by atoms with Gasteiger partial charge in [0.15, 0.2) is 0 Å². The van der Waals surface area contributed by atoms with E-state index in [1.807, 2.05) is 35.2 Å². The zero-order chi connectivity index (χ0) is 11.4. The van der Waals surface area contributed by atoms with Gasteiger partial charge in [-0.25, -0.2) is 0 Å². The van der Waals surface area contributed by atoms with Crippen LogP contribution >= 0.6 is 0 Å². The quantitative estimate of drug-likeness (QED) is 0.804. The van der Waals surface area contributed by atoms with E-state index in [4.69, 9.17) is 0 Å². The zero-order valence-electron chi connectivity index (χ0n) is 9.65. The Morgan fingerprint density at radius 2 is 2.19 bits per heavy atom. The molecule has 0 spiro atoms. The van der Waals surface area contributed by atoms with E-state index in [-0.39, 0.29) is 5.91 Å². The van der Waals surface area contributed by atoms with Crippen molar-refractivity contribution in [3.05, 3.63) is 35.9 Å². The highest BCUT2D eigenvalue weighted by Crippen LogP contribution is 2.07. The summed E-state index contributed by atoms with van der Waals surface area (Å²) >= 11 is 0. The molecule has 1 N–H and O–H groups in total. The van der Waals surface area contributed by atoms with Crippen LogP contribution in [0.4, 0.5) is 0 Å². The fraction of sp³-hybridized carbons (Fsp3) is 0.462. The van der Waals surface area contributed by atoms with Gasteiger partial charge in [-0.05, 0) is 12.5 Å². The van der Waals surface area contributed by atoms with Crippen LogP contribution in [0.25, 0.3) is 0 Å². The van der Waals surface area contributed by atoms with Crippen LogP contribution in [0.1, 0.15) is 12.5 Å². The minimum Gasteiger partial charge on any atom is -0.337 e. The van der Waals surface area contributed by atoms with Crippen LogP contribution in [0, 0.1) is 0 Å². The Morgan fingerprint density at radius 1 is 1.44 bits per heavy atom. The third-order valence-corrected chi connectivity index (χ3v) is 3.02. The molecule has 1 aromatic rings. The predicted molar refractivity (Wildman–Crippen MR) is 64.2 cm³/mol. The smallest absolute Gasteiger partial charge is 0.227 e. The molecular weight excluding hydrogens is 200 g/mol. The van der Waals surface area contributed by atoms with E-state index in [1.54, 1.807) is 0 Å². The first-order valence-electron chi connectivity index (χ1n) is 5.81. The van der Waals surface area contributed by atoms with Crippen molar-refractivity contribution < 1.29 is 4.79 Å². The summed E-state index contributed by atoms with van der Waals surface area (Å²) in [6.07, 6.45) is 0.519. The van der Waals surface area contributed by atoms with Crippen molar-refractivity contribution >= 4 is 5.91 Å². The monoisotopic (exact) mass is 218 g/mol. The van der Waals surface area contributed by atoms with Gasteiger partial charge in [0.1, 0.15) is 0 Å². The van der Waals surface area contributed by atoms with E-state index in [2.05, 4.69) is 12.2 Å². The van der Waals surface area contributed by atoms with Gasteiger partial charge in [-0.1, -0.05) is 30.3 Å². The van der Waals surface area contributed by atoms with Crippen molar-refractivity contribution in [3.8, 4) is 0 Å². The lowest BCUT2D eigenvalue weighted by Crippen LogP contribution is -2.52. The van der Waals surface area contributed by atoms with Crippen LogP contribution in [0.5, 0.6) is 0 Å². The second-order valence-corrected chi connectivity index (χ2v) is 4.30. The number of piperazine rings is 1. The Hall–Kier alpha value is -1.35. The third-order valence-electron chi connectivity index (χ3n) is 3.02. The fourth-order valence-electron chi connectivity index (χ4n) is 2.08. The molecule has 1 aromatic carbocycles. The van der Waals surface area contributed by atoms with Gasteiger partial charge in [-0.3, -0.25) is 4.79 Å². The molecule has 0 saturated carbocycles. The number of hydrogen-bond acceptors (Lipinski definition) is 2. The molecule has 0 bridgehead atoms. The lowest BCUT2D eigenvalue weighted by Gasteiger charge is -2.34. The minimum atomic E-state index is 0.236. The lowest BCUT2D eigenvalue weighted by molar-refractivity contribution is -0.133. The molecule has 1 aliphatic heterocycles. The average molecular weight is 218 g/mol. The molecule has 0 aliphatic carbocycles. The second-order valence-electron chi connectivity index (χ2n) is 4.30. The van der Waals surface area contributed by atoms with E-state index >= 15 is 0 Å². The molecule has 0 aromatic heterocycles. The number of nitrogens with zero attached hydrogens (tertiary/aromatic N) is 1. The molecule has 86 valence electrons. The Labute approximate surface area is 96.5 Å². The number of hydrogen-bond donors (Lipinski definition) is 1. The maximum absolute atomic E-state index is 12.1. The maximum atomic E-state index is 12.1. The van der Waals surface area contributed by atoms with Crippen molar-refractivity contribution in [2.75, 3.05) is 19.6 Å². The molecule has 1 heterocycles. The van der Waals surface area contributed by atoms with Gasteiger partial charge in [0.05, 0.1) is 6.42 Å². The van der Waals surface area contributed by atoms with Crippen molar-refractivity contribution in [2.24, 2.45) is 0 Å². The van der Waals surface area contributed by atoms with Crippen LogP contribution in [-0.2, 0) is 11.2 Å². The molecule has 1 amide bonds. The summed E-state index contributed by atoms with van der Waals surface area (Å²) < 4.78 is 0. The summed E-state index contributed by atoms with van der Waals surface area (Å²) in [6, 6.07) is 10.2. The number of carbonyl (C=O) groups is 1. The van der Waals surface area contributed by atoms with Crippen LogP contribution in [0.2, 0.25) is 0 Å². The van der Waals surface area contributed by atoms with E-state index < -0.39 is 0 Å². The van der Waals surface area contributed by atoms with Crippen LogP contribution < -0.4 is 5.32 Å². The first-order valence-corrected chi connectivity index (χ1v) is 5.81. The third kappa shape index (κ3) is 2.61. The SMILES string of the molecule is C[C@@H]1CNCCN1C(=O)Cc1ccccc1. The molecular formula is C13H18N2O. The Morgan fingerprint density at radius 3 is 2.88 bits per heavy atom. The standard InChI is InChI=1S/C13H18N2O/c1-11-10-14-7-8-15(11)13(16)9-12-5-3-2-4-6-12/h2-6,11,14H,7-10H2,1H3/t11-/m1/s1. The normalized spacial score (nSPS) is 20.8. The maximum Gasteiger partial charge on any atom is 0.227 e. The largest absolute Gasteiger partial charge is 0.337 e. The molecule has 0 radical (unpaired) electrons. The van der Waals surface area contributed by atoms with Gasteiger partial charge in [0.25, 0.3) is 0 Å². The van der Waals surface area contributed by atoms with E-state index in [1.165, 1.54) is 0 Å². The second kappa shape index (κ2) is 5.12. The summed E-state index contributed by atoms with van der Waals surface area (Å²) in [7, 11) is 0. The van der Waals surface area contributed by atoms with Crippen molar-refractivity contribution in [1.29, 1.82) is 0 Å². The van der Waals surface area contributed by atoms with Gasteiger partial charge >= 0.3 is 0 Å². The number of rotatable bonds is 2. The summed E-state index contributed by atoms with van der Waals surface area (Å²) in [5, 5.41) is 3.29. The average Bonchev–Trinajstić information content (AvgIpc) is 2.31. The number of nitrogens with one attached hydrogen (secondary N) is 1. The molecule has 2 rings (SSSR count). The van der Waals surface area contributed by atoms with Gasteiger partial charge in [-0.15, -0.1) is 0 Å². The van der Waals surface area contributed by atoms with Crippen LogP contribution in [0.15, 0.2) is 30.3 Å². The van der Waals surface area contributed by atoms with Crippen LogP contribution in [0.3, 0.4) is 0 Å². The molecule has 1 fully saturated rings. The number of carbonyl (C=O) groups excluding carboxylic acids is 1. The van der Waals surface area contributed by atoms with E-state index in [0.717, 1.165) is 25.2 Å². The molecule has 0 unspecified atom stereocenters. The molecule has 16 heavy (non-hydrogen) atoms. The first kappa shape index (κ1) is 11.1. The first-order chi connectivity index (χ1) is 7.77. The van der Waals surface area contributed by atoms with Gasteiger partial charge in [0, 0.05) is 25.7 Å². The molecule has 1 atom stereocenters. The number of benzene rings is 1. The minimum absolute atomic E-state index is 0.236. The Bertz CT molecular complexity index is 350. The zero-order valence-corrected chi connectivity index (χ0v) is 9.65. The van der Waals surface area contributed by atoms with Crippen molar-refractivity contribution in [3.63, 3.8) is 0 Å². The molecule has 3 nitrogen and oxygen atoms in total. The lowest BCUT2D eigenvalue weighted by atomic mass is 10.1. The highest BCUT2D eigenvalue weighted by Gasteiger charge is 2.22. The molecule has 3 heteroatoms. The highest BCUT2D eigenvalue weighted by molar-refractivity contribution is 5.79. The van der Waals surface area contributed by atoms with Gasteiger partial charge in [-0.2, -0.15) is 0 Å². The fourth-order valence-corrected chi connectivity index (χ4v) is 2.08. The van der Waals surface area contributed by atoms with Gasteiger partial charge < -0.3 is 10.2 Å². The Kier molecular flexibility index (Phi) is 3.57. The van der Waals surface area contributed by atoms with Crippen LogP contribution in [-0.4, -0.2) is 36.5 Å². The summed E-state index contributed by atoms with van der Waals surface area (Å²) in [6.45, 7) is 4.73. The van der Waals surface area contributed by atoms with E-state index in [0.29, 0.717) is 12.5 Å². The molecule has 1 saturated heterocycles. The summed E-state index contributed by atoms with van der Waals surface area (Å²) in [5.41, 5.74) is 1.10. The molecule has 1 aliphatic rings. The van der Waals surface area contributed by atoms with Gasteiger partial charge in [0.2, 0.25) is 5.91 Å². The van der Waals surface area contributed by atoms with Crippen molar-refractivity contribution in [2.45, 2.75) is 19.4 Å². The Balaban J connectivity index is 1.97. The summed E-state index contributed by atoms with van der Waals surface area (Å²) in [4.78, 5) is 14.1. The van der Waals surface area contributed by atoms with Crippen molar-refractivity contribution in [1.82, 2.24) is 10.2 Å². The highest BCUT2D eigenvalue weighted by atomic mass is 16.2. The number of amides is 1.